The van der Waals surface area contributed by atoms with Crippen LogP contribution in [0.3, 0.4) is 0 Å². The summed E-state index contributed by atoms with van der Waals surface area (Å²) >= 11 is 12.1. The summed E-state index contributed by atoms with van der Waals surface area (Å²) in [6.45, 7) is 0.638. The van der Waals surface area contributed by atoms with Crippen molar-refractivity contribution in [1.82, 2.24) is 0 Å². The number of likely N-dealkylation sites (N-methyl/N-ethyl adjacent to an activating group) is 1. The predicted octanol–water partition coefficient (Wildman–Crippen LogP) is 2.31. The van der Waals surface area contributed by atoms with Crippen LogP contribution in [0.15, 0.2) is 12.1 Å². The SMILES string of the molecule is CN1c2cc(Cl)cc(Cl)c2CC1CN. The molecule has 1 aliphatic rings. The maximum absolute atomic E-state index is 6.11. The van der Waals surface area contributed by atoms with Crippen molar-refractivity contribution < 1.29 is 0 Å². The monoisotopic (exact) mass is 230 g/mol. The molecule has 1 heterocycles. The third-order valence-electron chi connectivity index (χ3n) is 2.78. The number of hydrogen-bond donors (Lipinski definition) is 1. The normalized spacial score (nSPS) is 20.0. The summed E-state index contributed by atoms with van der Waals surface area (Å²) in [5, 5.41) is 1.42. The predicted molar refractivity (Wildman–Crippen MR) is 61.4 cm³/mol. The summed E-state index contributed by atoms with van der Waals surface area (Å²) in [6.07, 6.45) is 0.915. The zero-order valence-electron chi connectivity index (χ0n) is 7.93. The van der Waals surface area contributed by atoms with Crippen molar-refractivity contribution in [3.8, 4) is 0 Å². The van der Waals surface area contributed by atoms with Gasteiger partial charge in [-0.05, 0) is 24.1 Å². The molecule has 0 aliphatic carbocycles. The Balaban J connectivity index is 2.48. The molecule has 1 aromatic rings. The van der Waals surface area contributed by atoms with Crippen LogP contribution in [0, 0.1) is 0 Å². The molecule has 2 N–H and O–H groups in total. The molecule has 0 radical (unpaired) electrons. The summed E-state index contributed by atoms with van der Waals surface area (Å²) < 4.78 is 0. The molecule has 2 rings (SSSR count). The van der Waals surface area contributed by atoms with Gasteiger partial charge in [0.15, 0.2) is 0 Å². The largest absolute Gasteiger partial charge is 0.370 e. The third kappa shape index (κ3) is 1.48. The van der Waals surface area contributed by atoms with E-state index >= 15 is 0 Å². The first-order valence-electron chi connectivity index (χ1n) is 4.54. The van der Waals surface area contributed by atoms with Crippen molar-refractivity contribution >= 4 is 28.9 Å². The quantitative estimate of drug-likeness (QED) is 0.803. The summed E-state index contributed by atoms with van der Waals surface area (Å²) in [4.78, 5) is 2.15. The molecule has 76 valence electrons. The van der Waals surface area contributed by atoms with Gasteiger partial charge in [0.05, 0.1) is 0 Å². The fourth-order valence-corrected chi connectivity index (χ4v) is 2.48. The molecule has 0 fully saturated rings. The maximum atomic E-state index is 6.11. The van der Waals surface area contributed by atoms with Gasteiger partial charge in [-0.1, -0.05) is 23.2 Å². The standard InChI is InChI=1S/C10H12Cl2N2/c1-14-7(5-13)4-8-9(12)2-6(11)3-10(8)14/h2-3,7H,4-5,13H2,1H3. The van der Waals surface area contributed by atoms with E-state index in [0.29, 0.717) is 17.6 Å². The van der Waals surface area contributed by atoms with E-state index in [-0.39, 0.29) is 0 Å². The minimum atomic E-state index is 0.348. The number of nitrogens with two attached hydrogens (primary N) is 1. The Morgan fingerprint density at radius 2 is 2.21 bits per heavy atom. The number of hydrogen-bond acceptors (Lipinski definition) is 2. The number of halogens is 2. The minimum absolute atomic E-state index is 0.348. The first-order chi connectivity index (χ1) is 6.63. The minimum Gasteiger partial charge on any atom is -0.370 e. The highest BCUT2D eigenvalue weighted by Crippen LogP contribution is 2.37. The molecular formula is C10H12Cl2N2. The van der Waals surface area contributed by atoms with Crippen LogP contribution in [0.5, 0.6) is 0 Å². The van der Waals surface area contributed by atoms with Crippen LogP contribution in [-0.4, -0.2) is 19.6 Å². The first kappa shape index (κ1) is 10.1. The molecule has 0 bridgehead atoms. The summed E-state index contributed by atoms with van der Waals surface area (Å²) in [5.74, 6) is 0. The molecule has 0 aromatic heterocycles. The molecule has 1 unspecified atom stereocenters. The lowest BCUT2D eigenvalue weighted by Crippen LogP contribution is -2.34. The molecule has 0 spiro atoms. The van der Waals surface area contributed by atoms with Crippen LogP contribution in [0.4, 0.5) is 5.69 Å². The van der Waals surface area contributed by atoms with Gasteiger partial charge >= 0.3 is 0 Å². The van der Waals surface area contributed by atoms with Gasteiger partial charge in [0, 0.05) is 35.4 Å². The van der Waals surface area contributed by atoms with Gasteiger partial charge < -0.3 is 10.6 Å². The van der Waals surface area contributed by atoms with Gasteiger partial charge in [0.2, 0.25) is 0 Å². The average Bonchev–Trinajstić information content (AvgIpc) is 2.44. The van der Waals surface area contributed by atoms with E-state index in [4.69, 9.17) is 28.9 Å². The van der Waals surface area contributed by atoms with Crippen molar-refractivity contribution in [2.75, 3.05) is 18.5 Å². The fraction of sp³-hybridized carbons (Fsp3) is 0.400. The molecule has 2 nitrogen and oxygen atoms in total. The molecule has 4 heteroatoms. The van der Waals surface area contributed by atoms with Gasteiger partial charge in [-0.3, -0.25) is 0 Å². The Hall–Kier alpha value is -0.440. The van der Waals surface area contributed by atoms with Crippen LogP contribution >= 0.6 is 23.2 Å². The van der Waals surface area contributed by atoms with Crippen molar-refractivity contribution in [2.24, 2.45) is 5.73 Å². The van der Waals surface area contributed by atoms with Crippen LogP contribution in [0.2, 0.25) is 10.0 Å². The Bertz CT molecular complexity index is 365. The number of benzene rings is 1. The second kappa shape index (κ2) is 3.61. The number of nitrogens with zero attached hydrogens (tertiary/aromatic N) is 1. The molecule has 0 saturated carbocycles. The number of anilines is 1. The smallest absolute Gasteiger partial charge is 0.0474 e. The Kier molecular flexibility index (Phi) is 2.60. The fourth-order valence-electron chi connectivity index (χ4n) is 1.92. The molecule has 1 aromatic carbocycles. The highest BCUT2D eigenvalue weighted by atomic mass is 35.5. The van der Waals surface area contributed by atoms with Crippen molar-refractivity contribution in [1.29, 1.82) is 0 Å². The second-order valence-corrected chi connectivity index (χ2v) is 4.43. The van der Waals surface area contributed by atoms with E-state index in [1.165, 1.54) is 0 Å². The Morgan fingerprint density at radius 3 is 2.86 bits per heavy atom. The van der Waals surface area contributed by atoms with Crippen LogP contribution < -0.4 is 10.6 Å². The second-order valence-electron chi connectivity index (χ2n) is 3.59. The molecule has 0 amide bonds. The lowest BCUT2D eigenvalue weighted by Gasteiger charge is -2.20. The van der Waals surface area contributed by atoms with E-state index in [9.17, 15) is 0 Å². The van der Waals surface area contributed by atoms with Gasteiger partial charge in [-0.2, -0.15) is 0 Å². The number of rotatable bonds is 1. The lowest BCUT2D eigenvalue weighted by molar-refractivity contribution is 0.675. The van der Waals surface area contributed by atoms with Gasteiger partial charge in [0.1, 0.15) is 0 Å². The summed E-state index contributed by atoms with van der Waals surface area (Å²) in [6, 6.07) is 4.08. The summed E-state index contributed by atoms with van der Waals surface area (Å²) in [7, 11) is 2.02. The molecule has 1 atom stereocenters. The Morgan fingerprint density at radius 1 is 1.50 bits per heavy atom. The zero-order valence-corrected chi connectivity index (χ0v) is 9.44. The van der Waals surface area contributed by atoms with Crippen LogP contribution in [-0.2, 0) is 6.42 Å². The van der Waals surface area contributed by atoms with E-state index in [0.717, 1.165) is 22.7 Å². The first-order valence-corrected chi connectivity index (χ1v) is 5.30. The van der Waals surface area contributed by atoms with E-state index < -0.39 is 0 Å². The Labute approximate surface area is 93.6 Å². The molecule has 14 heavy (non-hydrogen) atoms. The number of fused-ring (bicyclic) bond motifs is 1. The molecule has 0 saturated heterocycles. The molecule has 1 aliphatic heterocycles. The lowest BCUT2D eigenvalue weighted by atomic mass is 10.1. The average molecular weight is 231 g/mol. The molecular weight excluding hydrogens is 219 g/mol. The van der Waals surface area contributed by atoms with Gasteiger partial charge in [0.25, 0.3) is 0 Å². The van der Waals surface area contributed by atoms with E-state index in [1.54, 1.807) is 6.07 Å². The third-order valence-corrected chi connectivity index (χ3v) is 3.33. The van der Waals surface area contributed by atoms with Gasteiger partial charge in [-0.25, -0.2) is 0 Å². The topological polar surface area (TPSA) is 29.3 Å². The zero-order chi connectivity index (χ0) is 10.3. The van der Waals surface area contributed by atoms with Crippen molar-refractivity contribution in [3.63, 3.8) is 0 Å². The van der Waals surface area contributed by atoms with Crippen molar-refractivity contribution in [3.05, 3.63) is 27.7 Å². The van der Waals surface area contributed by atoms with Gasteiger partial charge in [-0.15, -0.1) is 0 Å². The maximum Gasteiger partial charge on any atom is 0.0474 e. The van der Waals surface area contributed by atoms with Crippen molar-refractivity contribution in [2.45, 2.75) is 12.5 Å². The highest BCUT2D eigenvalue weighted by Gasteiger charge is 2.27. The van der Waals surface area contributed by atoms with Crippen LogP contribution in [0.25, 0.3) is 0 Å². The van der Waals surface area contributed by atoms with Crippen LogP contribution in [0.1, 0.15) is 5.56 Å². The summed E-state index contributed by atoms with van der Waals surface area (Å²) in [5.41, 5.74) is 7.94. The highest BCUT2D eigenvalue weighted by molar-refractivity contribution is 6.35. The van der Waals surface area contributed by atoms with E-state index in [2.05, 4.69) is 4.90 Å². The van der Waals surface area contributed by atoms with E-state index in [1.807, 2.05) is 13.1 Å².